The number of nitrogens with one attached hydrogen (secondary N) is 2. The van der Waals surface area contributed by atoms with Crippen LogP contribution in [0.1, 0.15) is 48.0 Å². The van der Waals surface area contributed by atoms with E-state index >= 15 is 0 Å². The number of nitrogens with zero attached hydrogens (tertiary/aromatic N) is 3. The molecule has 34 heavy (non-hydrogen) atoms. The van der Waals surface area contributed by atoms with Crippen LogP contribution in [0.25, 0.3) is 0 Å². The maximum absolute atomic E-state index is 11.7. The minimum absolute atomic E-state index is 0.119. The van der Waals surface area contributed by atoms with E-state index in [0.717, 1.165) is 63.8 Å². The van der Waals surface area contributed by atoms with E-state index in [0.29, 0.717) is 30.3 Å². The second kappa shape index (κ2) is 15.8. The molecule has 0 spiro atoms. The summed E-state index contributed by atoms with van der Waals surface area (Å²) in [4.78, 5) is 17.6. The predicted octanol–water partition coefficient (Wildman–Crippen LogP) is 2.53. The highest BCUT2D eigenvalue weighted by molar-refractivity contribution is 5.97. The number of β-amino-alcohol motifs (C(OH)–C–C–N with tert-alkyl or cyclic N) is 1. The Balaban J connectivity index is 0.000000241. The maximum Gasteiger partial charge on any atom is 0.254 e. The molecule has 0 aliphatic carbocycles. The molecule has 0 aromatic heterocycles. The van der Waals surface area contributed by atoms with Crippen molar-refractivity contribution in [3.8, 4) is 11.5 Å². The zero-order valence-electron chi connectivity index (χ0n) is 20.5. The second-order valence-electron chi connectivity index (χ2n) is 8.28. The number of likely N-dealkylation sites (tertiary alicyclic amines) is 1. The molecule has 1 saturated heterocycles. The van der Waals surface area contributed by atoms with Crippen molar-refractivity contribution >= 4 is 18.8 Å². The predicted molar refractivity (Wildman–Crippen MR) is 136 cm³/mol. The van der Waals surface area contributed by atoms with Crippen molar-refractivity contribution < 1.29 is 19.4 Å². The molecule has 1 aromatic rings. The average Bonchev–Trinajstić information content (AvgIpc) is 3.08. The first-order chi connectivity index (χ1) is 16.5. The number of aliphatic imine (C=N–C) groups is 1. The molecule has 2 aliphatic rings. The van der Waals surface area contributed by atoms with Crippen molar-refractivity contribution in [1.82, 2.24) is 15.6 Å². The Morgan fingerprint density at radius 1 is 1.29 bits per heavy atom. The van der Waals surface area contributed by atoms with E-state index in [4.69, 9.17) is 9.47 Å². The van der Waals surface area contributed by atoms with Crippen LogP contribution in [0.3, 0.4) is 0 Å². The topological polar surface area (TPSA) is 108 Å². The number of carbonyl (C=O) groups excluding carboxylic acids is 1. The van der Waals surface area contributed by atoms with E-state index in [1.54, 1.807) is 25.5 Å². The molecule has 2 aliphatic heterocycles. The van der Waals surface area contributed by atoms with E-state index in [1.165, 1.54) is 0 Å². The number of hydrogen-bond acceptors (Lipinski definition) is 8. The molecule has 1 aromatic carbocycles. The molecule has 0 bridgehead atoms. The molecule has 0 saturated carbocycles. The van der Waals surface area contributed by atoms with Crippen LogP contribution in [0.15, 0.2) is 34.5 Å². The van der Waals surface area contributed by atoms with Gasteiger partial charge in [0, 0.05) is 39.0 Å². The average molecular weight is 474 g/mol. The lowest BCUT2D eigenvalue weighted by Crippen LogP contribution is -2.38. The number of carbonyl (C=O) groups is 1. The maximum atomic E-state index is 11.7. The molecule has 3 rings (SSSR count). The first-order valence-electron chi connectivity index (χ1n) is 11.9. The number of hydrazone groups is 1. The van der Waals surface area contributed by atoms with Crippen LogP contribution in [0.4, 0.5) is 0 Å². The third kappa shape index (κ3) is 9.93. The van der Waals surface area contributed by atoms with Crippen molar-refractivity contribution in [2.45, 2.75) is 45.1 Å². The molecular formula is C25H39N5O4. The van der Waals surface area contributed by atoms with E-state index in [2.05, 4.69) is 32.5 Å². The van der Waals surface area contributed by atoms with Crippen LogP contribution >= 0.6 is 0 Å². The molecular weight excluding hydrogens is 434 g/mol. The van der Waals surface area contributed by atoms with Gasteiger partial charge < -0.3 is 30.2 Å². The summed E-state index contributed by atoms with van der Waals surface area (Å²) in [6.07, 6.45) is 10.0. The highest BCUT2D eigenvalue weighted by atomic mass is 16.5. The number of unbranched alkanes of at least 4 members (excludes halogenated alkanes) is 1. The number of fused-ring (bicyclic) bond motifs is 1. The highest BCUT2D eigenvalue weighted by Gasteiger charge is 2.19. The summed E-state index contributed by atoms with van der Waals surface area (Å²) in [6, 6.07) is 3.71. The zero-order valence-corrected chi connectivity index (χ0v) is 20.5. The number of ether oxygens (including phenoxy) is 2. The Labute approximate surface area is 202 Å². The lowest BCUT2D eigenvalue weighted by Gasteiger charge is -2.29. The summed E-state index contributed by atoms with van der Waals surface area (Å²) in [5.41, 5.74) is 4.51. The highest BCUT2D eigenvalue weighted by Crippen LogP contribution is 2.34. The molecule has 1 amide bonds. The van der Waals surface area contributed by atoms with Gasteiger partial charge in [-0.05, 0) is 76.2 Å². The van der Waals surface area contributed by atoms with Crippen molar-refractivity contribution in [1.29, 1.82) is 0 Å². The van der Waals surface area contributed by atoms with Gasteiger partial charge in [-0.2, -0.15) is 5.10 Å². The summed E-state index contributed by atoms with van der Waals surface area (Å²) in [5, 5.41) is 16.1. The van der Waals surface area contributed by atoms with Crippen LogP contribution in [0.5, 0.6) is 11.5 Å². The summed E-state index contributed by atoms with van der Waals surface area (Å²) in [7, 11) is 1.61. The van der Waals surface area contributed by atoms with Crippen molar-refractivity contribution in [3.05, 3.63) is 35.5 Å². The number of aliphatic hydroxyl groups excluding tert-OH is 1. The molecule has 3 N–H and O–H groups in total. The fourth-order valence-electron chi connectivity index (χ4n) is 3.75. The Morgan fingerprint density at radius 2 is 2.12 bits per heavy atom. The Hall–Kier alpha value is -2.91. The van der Waals surface area contributed by atoms with Gasteiger partial charge in [-0.15, -0.1) is 0 Å². The fraction of sp³-hybridized carbons (Fsp3) is 0.560. The summed E-state index contributed by atoms with van der Waals surface area (Å²) in [6.45, 7) is 10.4. The van der Waals surface area contributed by atoms with E-state index in [-0.39, 0.29) is 12.0 Å². The first-order valence-corrected chi connectivity index (χ1v) is 11.9. The third-order valence-corrected chi connectivity index (χ3v) is 5.40. The van der Waals surface area contributed by atoms with E-state index in [9.17, 15) is 9.90 Å². The van der Waals surface area contributed by atoms with Crippen molar-refractivity contribution in [3.63, 3.8) is 0 Å². The summed E-state index contributed by atoms with van der Waals surface area (Å²) < 4.78 is 11.1. The number of hydrogen-bond donors (Lipinski definition) is 3. The van der Waals surface area contributed by atoms with Gasteiger partial charge >= 0.3 is 0 Å². The van der Waals surface area contributed by atoms with Crippen LogP contribution in [0, 0.1) is 6.92 Å². The van der Waals surface area contributed by atoms with Crippen molar-refractivity contribution in [2.24, 2.45) is 10.1 Å². The molecule has 9 nitrogen and oxygen atoms in total. The Bertz CT molecular complexity index is 828. The molecule has 0 radical (unpaired) electrons. The molecule has 188 valence electrons. The third-order valence-electron chi connectivity index (χ3n) is 5.40. The molecule has 2 heterocycles. The fourth-order valence-corrected chi connectivity index (χ4v) is 3.75. The quantitative estimate of drug-likeness (QED) is 0.289. The smallest absolute Gasteiger partial charge is 0.254 e. The number of aryl methyl sites for hydroxylation is 1. The van der Waals surface area contributed by atoms with Gasteiger partial charge in [-0.1, -0.05) is 0 Å². The molecule has 0 unspecified atom stereocenters. The normalized spacial score (nSPS) is 18.1. The van der Waals surface area contributed by atoms with Gasteiger partial charge in [-0.25, -0.2) is 0 Å². The second-order valence-corrected chi connectivity index (χ2v) is 8.28. The van der Waals surface area contributed by atoms with Gasteiger partial charge in [0.25, 0.3) is 5.91 Å². The van der Waals surface area contributed by atoms with Gasteiger partial charge in [0.2, 0.25) is 0 Å². The van der Waals surface area contributed by atoms with Crippen LogP contribution < -0.4 is 20.2 Å². The molecule has 1 fully saturated rings. The first kappa shape index (κ1) is 27.3. The van der Waals surface area contributed by atoms with E-state index < -0.39 is 0 Å². The minimum Gasteiger partial charge on any atom is -0.490 e. The van der Waals surface area contributed by atoms with Crippen molar-refractivity contribution in [2.75, 3.05) is 46.4 Å². The van der Waals surface area contributed by atoms with Crippen LogP contribution in [0.2, 0.25) is 0 Å². The monoisotopic (exact) mass is 473 g/mol. The van der Waals surface area contributed by atoms with Gasteiger partial charge in [0.1, 0.15) is 0 Å². The lowest BCUT2D eigenvalue weighted by molar-refractivity contribution is 0.0699. The zero-order chi connectivity index (χ0) is 24.6. The number of benzene rings is 1. The lowest BCUT2D eigenvalue weighted by atomic mass is 10.1. The Morgan fingerprint density at radius 3 is 2.88 bits per heavy atom. The number of rotatable bonds is 9. The largest absolute Gasteiger partial charge is 0.490 e. The molecule has 9 heteroatoms. The number of allylic oxidation sites excluding steroid dienone is 1. The van der Waals surface area contributed by atoms with E-state index in [1.807, 2.05) is 19.1 Å². The number of piperidine rings is 1. The molecule has 1 atom stereocenters. The van der Waals surface area contributed by atoms with Gasteiger partial charge in [0.15, 0.2) is 11.5 Å². The van der Waals surface area contributed by atoms with Crippen LogP contribution in [-0.2, 0) is 0 Å². The summed E-state index contributed by atoms with van der Waals surface area (Å²) >= 11 is 0. The summed E-state index contributed by atoms with van der Waals surface area (Å²) in [5.74, 6) is 1.07. The van der Waals surface area contributed by atoms with Gasteiger partial charge in [0.05, 0.1) is 24.9 Å². The Kier molecular flexibility index (Phi) is 12.7. The number of aliphatic hydroxyl groups is 1. The van der Waals surface area contributed by atoms with Crippen LogP contribution in [-0.4, -0.2) is 81.4 Å². The standard InChI is InChI=1S/C13H24N4O.C12H15NO3/c1-14-7-5-9-16-15-8-2-3-10-17-11-4-6-13(18)12-17;1-8-6-9(12(14)13-2)11-10(7-8)15-4-3-5-16-11/h5,7,9,13,15,18H,1-4,6,8,10-12H2;6-7H,3-5H2,1-2H3,(H,13,14)/b7-5-,16-9-;/t13-;/m0./s1. The minimum atomic E-state index is -0.148. The SMILES string of the molecule is C=N/C=C\C=N/NCCCCN1CCC[C@H](O)C1.CNC(=O)c1cc(C)cc2c1OCCCO2. The van der Waals surface area contributed by atoms with Gasteiger partial charge in [-0.3, -0.25) is 9.79 Å². The number of amides is 1.